The average Bonchev–Trinajstić information content (AvgIpc) is 3.39. The van der Waals surface area contributed by atoms with E-state index in [0.717, 1.165) is 39.1 Å². The lowest BCUT2D eigenvalue weighted by molar-refractivity contribution is -0.113. The number of methoxy groups -OCH3 is 1. The molecule has 0 radical (unpaired) electrons. The van der Waals surface area contributed by atoms with E-state index in [4.69, 9.17) is 26.1 Å². The smallest absolute Gasteiger partial charge is 0.271 e. The van der Waals surface area contributed by atoms with Gasteiger partial charge in [0.15, 0.2) is 4.80 Å². The molecule has 0 fully saturated rings. The van der Waals surface area contributed by atoms with Crippen molar-refractivity contribution in [2.24, 2.45) is 4.99 Å². The number of fused-ring (bicyclic) bond motifs is 1. The van der Waals surface area contributed by atoms with E-state index in [1.54, 1.807) is 11.7 Å². The number of benzene rings is 4. The summed E-state index contributed by atoms with van der Waals surface area (Å²) in [5, 5.41) is 3.75. The molecule has 5 aromatic rings. The van der Waals surface area contributed by atoms with Crippen molar-refractivity contribution in [3.63, 3.8) is 0 Å². The van der Waals surface area contributed by atoms with Gasteiger partial charge < -0.3 is 14.8 Å². The van der Waals surface area contributed by atoms with Gasteiger partial charge in [0.25, 0.3) is 11.5 Å². The van der Waals surface area contributed by atoms with E-state index in [-0.39, 0.29) is 11.5 Å². The first kappa shape index (κ1) is 33.7. The third kappa shape index (κ3) is 7.31. The molecule has 0 spiro atoms. The fourth-order valence-corrected chi connectivity index (χ4v) is 7.07. The Kier molecular flexibility index (Phi) is 9.99. The van der Waals surface area contributed by atoms with Crippen molar-refractivity contribution >= 4 is 40.6 Å². The van der Waals surface area contributed by atoms with Crippen LogP contribution in [0, 0.1) is 13.8 Å². The van der Waals surface area contributed by atoms with Crippen molar-refractivity contribution in [2.45, 2.75) is 39.8 Å². The van der Waals surface area contributed by atoms with Crippen LogP contribution in [0.2, 0.25) is 5.02 Å². The van der Waals surface area contributed by atoms with Gasteiger partial charge in [0.2, 0.25) is 0 Å². The van der Waals surface area contributed by atoms with E-state index in [0.29, 0.717) is 50.1 Å². The summed E-state index contributed by atoms with van der Waals surface area (Å²) in [6, 6.07) is 26.0. The first-order chi connectivity index (χ1) is 23.6. The fourth-order valence-electron chi connectivity index (χ4n) is 5.89. The third-order valence-corrected chi connectivity index (χ3v) is 9.62. The standard InChI is InChI=1S/C40H36ClN3O4S/c1-6-7-30-21-28(11-19-34(30)48-23-27-9-14-31(41)15-10-27)22-35-39(46)44-37(29-12-16-32(47-5)17-13-29)36(26(4)42-40(44)49-35)38(45)43-33-18-8-24(2)20-25(33)3/h6,8-22,37H,1,7,23H2,2-5H3,(H,43,45)/b35-22+/t37-/m1/s1. The lowest BCUT2D eigenvalue weighted by Gasteiger charge is -2.25. The van der Waals surface area contributed by atoms with Crippen molar-refractivity contribution in [1.82, 2.24) is 4.57 Å². The summed E-state index contributed by atoms with van der Waals surface area (Å²) in [5.41, 5.74) is 7.03. The van der Waals surface area contributed by atoms with E-state index in [9.17, 15) is 9.59 Å². The van der Waals surface area contributed by atoms with E-state index in [2.05, 4.69) is 11.9 Å². The summed E-state index contributed by atoms with van der Waals surface area (Å²) >= 11 is 7.33. The van der Waals surface area contributed by atoms with Crippen LogP contribution < -0.4 is 29.7 Å². The minimum atomic E-state index is -0.699. The molecule has 0 saturated carbocycles. The number of halogens is 1. The molecule has 7 nitrogen and oxygen atoms in total. The summed E-state index contributed by atoms with van der Waals surface area (Å²) in [5.74, 6) is 1.10. The molecule has 248 valence electrons. The number of carbonyl (C=O) groups is 1. The van der Waals surface area contributed by atoms with Crippen LogP contribution in [0.4, 0.5) is 5.69 Å². The number of nitrogens with one attached hydrogen (secondary N) is 1. The summed E-state index contributed by atoms with van der Waals surface area (Å²) in [6.45, 7) is 10.1. The van der Waals surface area contributed by atoms with Gasteiger partial charge in [-0.1, -0.05) is 77.0 Å². The number of carbonyl (C=O) groups excluding carboxylic acids is 1. The normalized spacial score (nSPS) is 14.2. The minimum absolute atomic E-state index is 0.234. The molecule has 1 aliphatic heterocycles. The molecular formula is C40H36ClN3O4S. The molecule has 49 heavy (non-hydrogen) atoms. The fraction of sp³-hybridized carbons (Fsp3) is 0.175. The van der Waals surface area contributed by atoms with Gasteiger partial charge in [0.1, 0.15) is 18.1 Å². The number of rotatable bonds is 10. The number of aryl methyl sites for hydroxylation is 2. The van der Waals surface area contributed by atoms with Crippen LogP contribution in [-0.4, -0.2) is 17.6 Å². The monoisotopic (exact) mass is 689 g/mol. The Labute approximate surface area is 294 Å². The molecule has 0 saturated heterocycles. The summed E-state index contributed by atoms with van der Waals surface area (Å²) in [4.78, 5) is 33.6. The number of allylic oxidation sites excluding steroid dienone is 2. The van der Waals surface area contributed by atoms with E-state index < -0.39 is 6.04 Å². The Morgan fingerprint density at radius 3 is 2.47 bits per heavy atom. The number of thiazole rings is 1. The average molecular weight is 690 g/mol. The highest BCUT2D eigenvalue weighted by molar-refractivity contribution is 7.07. The van der Waals surface area contributed by atoms with Gasteiger partial charge in [-0.15, -0.1) is 6.58 Å². The molecule has 1 atom stereocenters. The summed E-state index contributed by atoms with van der Waals surface area (Å²) in [7, 11) is 1.60. The van der Waals surface area contributed by atoms with Gasteiger partial charge in [0, 0.05) is 10.7 Å². The van der Waals surface area contributed by atoms with E-state index in [1.165, 1.54) is 11.3 Å². The van der Waals surface area contributed by atoms with Crippen LogP contribution in [0.25, 0.3) is 6.08 Å². The van der Waals surface area contributed by atoms with Gasteiger partial charge in [-0.2, -0.15) is 0 Å². The number of hydrogen-bond acceptors (Lipinski definition) is 6. The van der Waals surface area contributed by atoms with Crippen molar-refractivity contribution in [3.8, 4) is 11.5 Å². The van der Waals surface area contributed by atoms with Crippen LogP contribution in [0.1, 0.15) is 46.3 Å². The summed E-state index contributed by atoms with van der Waals surface area (Å²) in [6.07, 6.45) is 4.28. The molecule has 2 heterocycles. The second kappa shape index (κ2) is 14.5. The second-order valence-corrected chi connectivity index (χ2v) is 13.3. The van der Waals surface area contributed by atoms with E-state index >= 15 is 0 Å². The van der Waals surface area contributed by atoms with E-state index in [1.807, 2.05) is 118 Å². The highest BCUT2D eigenvalue weighted by Crippen LogP contribution is 2.32. The van der Waals surface area contributed by atoms with Crippen molar-refractivity contribution in [2.75, 3.05) is 12.4 Å². The molecule has 0 bridgehead atoms. The van der Waals surface area contributed by atoms with Gasteiger partial charge in [-0.25, -0.2) is 4.99 Å². The molecule has 1 aliphatic rings. The quantitative estimate of drug-likeness (QED) is 0.154. The Bertz CT molecular complexity index is 2270. The molecule has 0 aliphatic carbocycles. The lowest BCUT2D eigenvalue weighted by atomic mass is 9.95. The largest absolute Gasteiger partial charge is 0.497 e. The van der Waals surface area contributed by atoms with Crippen LogP contribution in [-0.2, 0) is 17.8 Å². The molecule has 9 heteroatoms. The number of hydrogen-bond donors (Lipinski definition) is 1. The predicted octanol–water partition coefficient (Wildman–Crippen LogP) is 7.46. The number of aromatic nitrogens is 1. The summed E-state index contributed by atoms with van der Waals surface area (Å²) < 4.78 is 13.7. The number of anilines is 1. The Morgan fingerprint density at radius 2 is 1.78 bits per heavy atom. The Morgan fingerprint density at radius 1 is 1.02 bits per heavy atom. The van der Waals surface area contributed by atoms with Crippen molar-refractivity contribution in [3.05, 3.63) is 167 Å². The zero-order valence-electron chi connectivity index (χ0n) is 27.7. The third-order valence-electron chi connectivity index (χ3n) is 8.38. The van der Waals surface area contributed by atoms with Crippen LogP contribution in [0.15, 0.2) is 119 Å². The Balaban J connectivity index is 1.39. The van der Waals surface area contributed by atoms with Crippen LogP contribution in [0.5, 0.6) is 11.5 Å². The molecule has 6 rings (SSSR count). The highest BCUT2D eigenvalue weighted by atomic mass is 35.5. The van der Waals surface area contributed by atoms with Gasteiger partial charge in [0.05, 0.1) is 29.0 Å². The van der Waals surface area contributed by atoms with Crippen LogP contribution in [0.3, 0.4) is 0 Å². The number of ether oxygens (including phenoxy) is 2. The van der Waals surface area contributed by atoms with Crippen LogP contribution >= 0.6 is 22.9 Å². The Hall–Kier alpha value is -5.18. The molecule has 1 aromatic heterocycles. The van der Waals surface area contributed by atoms with Gasteiger partial charge >= 0.3 is 0 Å². The maximum absolute atomic E-state index is 14.3. The number of amides is 1. The second-order valence-electron chi connectivity index (χ2n) is 11.9. The first-order valence-electron chi connectivity index (χ1n) is 15.8. The first-order valence-corrected chi connectivity index (χ1v) is 17.0. The predicted molar refractivity (Wildman–Crippen MR) is 197 cm³/mol. The van der Waals surface area contributed by atoms with Crippen molar-refractivity contribution < 1.29 is 14.3 Å². The van der Waals surface area contributed by atoms with Crippen molar-refractivity contribution in [1.29, 1.82) is 0 Å². The SMILES string of the molecule is C=CCc1cc(/C=c2/sc3n(c2=O)[C@H](c2ccc(OC)cc2)C(C(=O)Nc2ccc(C)cc2C)=C(C)N=3)ccc1OCc1ccc(Cl)cc1. The molecule has 4 aromatic carbocycles. The molecule has 1 N–H and O–H groups in total. The zero-order valence-corrected chi connectivity index (χ0v) is 29.3. The molecule has 0 unspecified atom stereocenters. The lowest BCUT2D eigenvalue weighted by Crippen LogP contribution is -2.40. The maximum atomic E-state index is 14.3. The topological polar surface area (TPSA) is 81.9 Å². The zero-order chi connectivity index (χ0) is 34.7. The maximum Gasteiger partial charge on any atom is 0.271 e. The van der Waals surface area contributed by atoms with Gasteiger partial charge in [-0.05, 0) is 104 Å². The number of nitrogens with zero attached hydrogens (tertiary/aromatic N) is 2. The minimum Gasteiger partial charge on any atom is -0.497 e. The highest BCUT2D eigenvalue weighted by Gasteiger charge is 2.32. The van der Waals surface area contributed by atoms with Gasteiger partial charge in [-0.3, -0.25) is 14.2 Å². The molecular weight excluding hydrogens is 654 g/mol. The molecule has 1 amide bonds.